The molecule has 0 aromatic heterocycles. The second kappa shape index (κ2) is 10.1. The Bertz CT molecular complexity index is 987. The van der Waals surface area contributed by atoms with Gasteiger partial charge in [0.2, 0.25) is 0 Å². The fourth-order valence-corrected chi connectivity index (χ4v) is 4.37. The zero-order chi connectivity index (χ0) is 23.4. The number of hydrogen-bond acceptors (Lipinski definition) is 5. The van der Waals surface area contributed by atoms with Crippen molar-refractivity contribution in [3.05, 3.63) is 57.6 Å². The lowest BCUT2D eigenvalue weighted by atomic mass is 9.97. The molecular weight excluding hydrogens is 400 g/mol. The molecule has 2 N–H and O–H groups in total. The number of nitrogen functional groups attached to an aromatic ring is 1. The number of piperidine rings is 1. The highest BCUT2D eigenvalue weighted by molar-refractivity contribution is 5.78. The Labute approximate surface area is 191 Å². The second-order valence-electron chi connectivity index (χ2n) is 8.85. The summed E-state index contributed by atoms with van der Waals surface area (Å²) in [5.74, 6) is 0.773. The maximum atomic E-state index is 12.8. The zero-order valence-corrected chi connectivity index (χ0v) is 19.9. The summed E-state index contributed by atoms with van der Waals surface area (Å²) in [6.07, 6.45) is 1.88. The van der Waals surface area contributed by atoms with Crippen molar-refractivity contribution < 1.29 is 9.53 Å². The normalized spacial score (nSPS) is 14.8. The zero-order valence-electron chi connectivity index (χ0n) is 19.9. The molecule has 2 aromatic rings. The number of rotatable bonds is 6. The molecule has 0 radical (unpaired) electrons. The van der Waals surface area contributed by atoms with Gasteiger partial charge in [0, 0.05) is 38.4 Å². The molecule has 0 unspecified atom stereocenters. The van der Waals surface area contributed by atoms with E-state index < -0.39 is 0 Å². The smallest absolute Gasteiger partial charge is 0.260 e. The molecule has 1 fully saturated rings. The molecule has 0 spiro atoms. The SMILES string of the molecule is Cc1c(C)c(OCC(=O)N(C)C2CCN(Cc3ccc(C#N)cc3)CC2)c(C)c(C)c1N. The van der Waals surface area contributed by atoms with Gasteiger partial charge in [-0.15, -0.1) is 0 Å². The Morgan fingerprint density at radius 3 is 2.19 bits per heavy atom. The van der Waals surface area contributed by atoms with E-state index in [0.717, 1.165) is 66.2 Å². The van der Waals surface area contributed by atoms with Crippen LogP contribution in [0.15, 0.2) is 24.3 Å². The lowest BCUT2D eigenvalue weighted by Crippen LogP contribution is -2.46. The van der Waals surface area contributed by atoms with Gasteiger partial charge in [0.1, 0.15) is 5.75 Å². The van der Waals surface area contributed by atoms with Crippen LogP contribution in [-0.2, 0) is 11.3 Å². The number of likely N-dealkylation sites (N-methyl/N-ethyl adjacent to an activating group) is 1. The van der Waals surface area contributed by atoms with Crippen LogP contribution in [0.4, 0.5) is 5.69 Å². The molecule has 0 saturated carbocycles. The molecule has 2 aromatic carbocycles. The average molecular weight is 435 g/mol. The lowest BCUT2D eigenvalue weighted by Gasteiger charge is -2.36. The summed E-state index contributed by atoms with van der Waals surface area (Å²) in [5.41, 5.74) is 12.9. The van der Waals surface area contributed by atoms with Crippen molar-refractivity contribution in [3.63, 3.8) is 0 Å². The van der Waals surface area contributed by atoms with Gasteiger partial charge in [-0.25, -0.2) is 0 Å². The Morgan fingerprint density at radius 2 is 1.66 bits per heavy atom. The molecule has 0 aliphatic carbocycles. The van der Waals surface area contributed by atoms with E-state index in [0.29, 0.717) is 5.56 Å². The number of benzene rings is 2. The summed E-state index contributed by atoms with van der Waals surface area (Å²) in [5, 5.41) is 8.93. The molecule has 1 saturated heterocycles. The van der Waals surface area contributed by atoms with E-state index in [1.54, 1.807) is 0 Å². The fourth-order valence-electron chi connectivity index (χ4n) is 4.37. The Balaban J connectivity index is 1.52. The third kappa shape index (κ3) is 5.05. The summed E-state index contributed by atoms with van der Waals surface area (Å²) >= 11 is 0. The molecule has 170 valence electrons. The molecule has 0 bridgehead atoms. The van der Waals surface area contributed by atoms with Gasteiger partial charge < -0.3 is 15.4 Å². The van der Waals surface area contributed by atoms with Crippen LogP contribution in [0.2, 0.25) is 0 Å². The first kappa shape index (κ1) is 23.6. The van der Waals surface area contributed by atoms with Crippen LogP contribution >= 0.6 is 0 Å². The van der Waals surface area contributed by atoms with Gasteiger partial charge >= 0.3 is 0 Å². The van der Waals surface area contributed by atoms with Crippen molar-refractivity contribution in [2.45, 2.75) is 53.1 Å². The van der Waals surface area contributed by atoms with Gasteiger partial charge in [-0.05, 0) is 80.5 Å². The van der Waals surface area contributed by atoms with Crippen LogP contribution in [0.1, 0.15) is 46.2 Å². The number of nitrogens with zero attached hydrogens (tertiary/aromatic N) is 3. The predicted octanol–water partition coefficient (Wildman–Crippen LogP) is 3.88. The van der Waals surface area contributed by atoms with Gasteiger partial charge in [0.25, 0.3) is 5.91 Å². The molecule has 1 heterocycles. The largest absolute Gasteiger partial charge is 0.483 e. The van der Waals surface area contributed by atoms with E-state index in [1.807, 2.05) is 63.9 Å². The number of carbonyl (C=O) groups is 1. The highest BCUT2D eigenvalue weighted by Crippen LogP contribution is 2.34. The topological polar surface area (TPSA) is 82.6 Å². The summed E-state index contributed by atoms with van der Waals surface area (Å²) in [6.45, 7) is 10.7. The third-order valence-electron chi connectivity index (χ3n) is 6.94. The summed E-state index contributed by atoms with van der Waals surface area (Å²) in [7, 11) is 1.88. The van der Waals surface area contributed by atoms with E-state index in [2.05, 4.69) is 11.0 Å². The fraction of sp³-hybridized carbons (Fsp3) is 0.462. The van der Waals surface area contributed by atoms with Crippen LogP contribution in [-0.4, -0.2) is 48.5 Å². The molecule has 1 aliphatic rings. The number of anilines is 1. The first-order valence-corrected chi connectivity index (χ1v) is 11.2. The van der Waals surface area contributed by atoms with Crippen molar-refractivity contribution in [1.82, 2.24) is 9.80 Å². The molecule has 32 heavy (non-hydrogen) atoms. The minimum atomic E-state index is 0.00136. The Morgan fingerprint density at radius 1 is 1.09 bits per heavy atom. The maximum absolute atomic E-state index is 12.8. The molecule has 0 atom stereocenters. The lowest BCUT2D eigenvalue weighted by molar-refractivity contribution is -0.135. The molecule has 6 nitrogen and oxygen atoms in total. The molecule has 1 aliphatic heterocycles. The van der Waals surface area contributed by atoms with Crippen LogP contribution in [0, 0.1) is 39.0 Å². The highest BCUT2D eigenvalue weighted by atomic mass is 16.5. The van der Waals surface area contributed by atoms with Gasteiger partial charge in [-0.1, -0.05) is 12.1 Å². The van der Waals surface area contributed by atoms with Crippen molar-refractivity contribution in [2.75, 3.05) is 32.5 Å². The van der Waals surface area contributed by atoms with Crippen LogP contribution in [0.3, 0.4) is 0 Å². The molecule has 6 heteroatoms. The number of hydrogen-bond donors (Lipinski definition) is 1. The van der Waals surface area contributed by atoms with E-state index >= 15 is 0 Å². The first-order chi connectivity index (χ1) is 15.2. The molecule has 3 rings (SSSR count). The third-order valence-corrected chi connectivity index (χ3v) is 6.94. The van der Waals surface area contributed by atoms with Crippen molar-refractivity contribution >= 4 is 11.6 Å². The number of carbonyl (C=O) groups excluding carboxylic acids is 1. The van der Waals surface area contributed by atoms with Gasteiger partial charge in [0.05, 0.1) is 11.6 Å². The Kier molecular flexibility index (Phi) is 7.42. The Hall–Kier alpha value is -3.04. The quantitative estimate of drug-likeness (QED) is 0.698. The summed E-state index contributed by atoms with van der Waals surface area (Å²) < 4.78 is 6.00. The van der Waals surface area contributed by atoms with E-state index in [-0.39, 0.29) is 18.6 Å². The van der Waals surface area contributed by atoms with E-state index in [4.69, 9.17) is 15.7 Å². The first-order valence-electron chi connectivity index (χ1n) is 11.2. The number of nitriles is 1. The van der Waals surface area contributed by atoms with E-state index in [9.17, 15) is 4.79 Å². The van der Waals surface area contributed by atoms with Crippen LogP contribution in [0.5, 0.6) is 5.75 Å². The molecular formula is C26H34N4O2. The number of likely N-dealkylation sites (tertiary alicyclic amines) is 1. The number of nitrogens with two attached hydrogens (primary N) is 1. The standard InChI is InChI=1S/C26H34N4O2/c1-17-19(3)26(20(4)18(2)25(17)28)32-16-24(31)29(5)23-10-12-30(13-11-23)15-22-8-6-21(14-27)7-9-22/h6-9,23H,10-13,15-16,28H2,1-5H3. The highest BCUT2D eigenvalue weighted by Gasteiger charge is 2.26. The second-order valence-corrected chi connectivity index (χ2v) is 8.85. The summed E-state index contributed by atoms with van der Waals surface area (Å²) in [6, 6.07) is 10.1. The van der Waals surface area contributed by atoms with Crippen molar-refractivity contribution in [2.24, 2.45) is 0 Å². The minimum Gasteiger partial charge on any atom is -0.483 e. The van der Waals surface area contributed by atoms with Gasteiger partial charge in [-0.2, -0.15) is 5.26 Å². The van der Waals surface area contributed by atoms with Crippen LogP contribution in [0.25, 0.3) is 0 Å². The van der Waals surface area contributed by atoms with Crippen LogP contribution < -0.4 is 10.5 Å². The van der Waals surface area contributed by atoms with Crippen molar-refractivity contribution in [3.8, 4) is 11.8 Å². The average Bonchev–Trinajstić information content (AvgIpc) is 2.81. The maximum Gasteiger partial charge on any atom is 0.260 e. The number of amides is 1. The van der Waals surface area contributed by atoms with Gasteiger partial charge in [0.15, 0.2) is 6.61 Å². The van der Waals surface area contributed by atoms with Gasteiger partial charge in [-0.3, -0.25) is 9.69 Å². The molecule has 1 amide bonds. The number of ether oxygens (including phenoxy) is 1. The van der Waals surface area contributed by atoms with Crippen molar-refractivity contribution in [1.29, 1.82) is 5.26 Å². The van der Waals surface area contributed by atoms with E-state index in [1.165, 1.54) is 5.56 Å². The predicted molar refractivity (Wildman–Crippen MR) is 128 cm³/mol. The summed E-state index contributed by atoms with van der Waals surface area (Å²) in [4.78, 5) is 17.1. The minimum absolute atomic E-state index is 0.00136. The monoisotopic (exact) mass is 434 g/mol.